The Morgan fingerprint density at radius 2 is 1.81 bits per heavy atom. The summed E-state index contributed by atoms with van der Waals surface area (Å²) < 4.78 is 0. The Kier molecular flexibility index (Phi) is 2.24. The second-order valence-electron chi connectivity index (χ2n) is 5.43. The van der Waals surface area contributed by atoms with Crippen molar-refractivity contribution in [1.82, 2.24) is 0 Å². The minimum atomic E-state index is 0.379. The molecule has 1 unspecified atom stereocenters. The van der Waals surface area contributed by atoms with Gasteiger partial charge in [0.15, 0.2) is 0 Å². The molecule has 3 rings (SSSR count). The molecule has 0 radical (unpaired) electrons. The summed E-state index contributed by atoms with van der Waals surface area (Å²) in [6.45, 7) is 0. The van der Waals surface area contributed by atoms with Crippen LogP contribution >= 0.6 is 0 Å². The Bertz CT molecular complexity index is 407. The Morgan fingerprint density at radius 1 is 1.12 bits per heavy atom. The molecule has 16 heavy (non-hydrogen) atoms. The molecule has 1 nitrogen and oxygen atoms in total. The third-order valence-corrected chi connectivity index (χ3v) is 4.60. The number of benzene rings is 1. The molecule has 1 heteroatoms. The Morgan fingerprint density at radius 3 is 2.38 bits per heavy atom. The average molecular weight is 211 g/mol. The van der Waals surface area contributed by atoms with E-state index in [0.29, 0.717) is 11.3 Å². The fourth-order valence-electron chi connectivity index (χ4n) is 3.33. The van der Waals surface area contributed by atoms with E-state index < -0.39 is 0 Å². The lowest BCUT2D eigenvalue weighted by Crippen LogP contribution is -2.15. The lowest BCUT2D eigenvalue weighted by Gasteiger charge is -2.29. The molecule has 82 valence electrons. The number of nitriles is 1. The molecule has 0 N–H and O–H groups in total. The van der Waals surface area contributed by atoms with Crippen molar-refractivity contribution in [1.29, 1.82) is 5.26 Å². The van der Waals surface area contributed by atoms with Crippen LogP contribution in [-0.2, 0) is 0 Å². The minimum Gasteiger partial charge on any atom is -0.198 e. The van der Waals surface area contributed by atoms with Gasteiger partial charge in [0.05, 0.1) is 12.0 Å². The molecule has 1 aromatic rings. The third-order valence-electron chi connectivity index (χ3n) is 4.60. The van der Waals surface area contributed by atoms with E-state index in [0.717, 1.165) is 5.92 Å². The number of hydrogen-bond acceptors (Lipinski definition) is 1. The number of nitrogens with zero attached hydrogens (tertiary/aromatic N) is 1. The average Bonchev–Trinajstić information content (AvgIpc) is 3.04. The molecule has 0 aromatic heterocycles. The van der Waals surface area contributed by atoms with Crippen LogP contribution < -0.4 is 0 Å². The van der Waals surface area contributed by atoms with Crippen molar-refractivity contribution in [3.63, 3.8) is 0 Å². The number of rotatable bonds is 1. The van der Waals surface area contributed by atoms with Gasteiger partial charge in [-0.3, -0.25) is 0 Å². The van der Waals surface area contributed by atoms with Gasteiger partial charge in [-0.1, -0.05) is 30.3 Å². The van der Waals surface area contributed by atoms with Gasteiger partial charge in [0.2, 0.25) is 0 Å². The molecule has 1 spiro atoms. The van der Waals surface area contributed by atoms with Crippen molar-refractivity contribution in [3.05, 3.63) is 35.9 Å². The van der Waals surface area contributed by atoms with Gasteiger partial charge in [-0.2, -0.15) is 5.26 Å². The van der Waals surface area contributed by atoms with E-state index in [4.69, 9.17) is 5.26 Å². The normalized spacial score (nSPS) is 36.9. The molecule has 2 aliphatic rings. The summed E-state index contributed by atoms with van der Waals surface area (Å²) in [5.41, 5.74) is 1.94. The first-order valence-electron chi connectivity index (χ1n) is 6.29. The predicted molar refractivity (Wildman–Crippen MR) is 63.8 cm³/mol. The monoisotopic (exact) mass is 211 g/mol. The Balaban J connectivity index is 1.66. The second kappa shape index (κ2) is 3.63. The first-order valence-corrected chi connectivity index (χ1v) is 6.29. The van der Waals surface area contributed by atoms with E-state index >= 15 is 0 Å². The molecule has 0 saturated heterocycles. The van der Waals surface area contributed by atoms with Crippen LogP contribution in [0.2, 0.25) is 0 Å². The molecule has 2 aliphatic carbocycles. The summed E-state index contributed by atoms with van der Waals surface area (Å²) in [4.78, 5) is 0. The first kappa shape index (κ1) is 9.90. The zero-order valence-corrected chi connectivity index (χ0v) is 9.52. The summed E-state index contributed by atoms with van der Waals surface area (Å²) in [6, 6.07) is 13.3. The molecule has 0 bridgehead atoms. The van der Waals surface area contributed by atoms with Gasteiger partial charge in [-0.25, -0.2) is 0 Å². The highest BCUT2D eigenvalue weighted by Gasteiger charge is 2.55. The van der Waals surface area contributed by atoms with Crippen LogP contribution in [0.15, 0.2) is 30.3 Å². The van der Waals surface area contributed by atoms with Gasteiger partial charge in [-0.05, 0) is 49.0 Å². The van der Waals surface area contributed by atoms with Crippen molar-refractivity contribution < 1.29 is 0 Å². The van der Waals surface area contributed by atoms with Crippen LogP contribution in [0.1, 0.15) is 43.6 Å². The summed E-state index contributed by atoms with van der Waals surface area (Å²) in [7, 11) is 0. The zero-order chi connectivity index (χ0) is 11.0. The smallest absolute Gasteiger partial charge is 0.0661 e. The minimum absolute atomic E-state index is 0.379. The van der Waals surface area contributed by atoms with Crippen LogP contribution in [0.3, 0.4) is 0 Å². The number of hydrogen-bond donors (Lipinski definition) is 0. The van der Waals surface area contributed by atoms with E-state index in [2.05, 4.69) is 36.4 Å². The first-order chi connectivity index (χ1) is 7.84. The van der Waals surface area contributed by atoms with Crippen LogP contribution in [0.5, 0.6) is 0 Å². The summed E-state index contributed by atoms with van der Waals surface area (Å²) in [5.74, 6) is 1.12. The van der Waals surface area contributed by atoms with Crippen molar-refractivity contribution >= 4 is 0 Å². The van der Waals surface area contributed by atoms with Gasteiger partial charge in [0.1, 0.15) is 0 Å². The van der Waals surface area contributed by atoms with E-state index in [1.165, 1.54) is 37.7 Å². The largest absolute Gasteiger partial charge is 0.198 e. The van der Waals surface area contributed by atoms with Gasteiger partial charge in [0.25, 0.3) is 0 Å². The maximum Gasteiger partial charge on any atom is 0.0661 e. The summed E-state index contributed by atoms with van der Waals surface area (Å²) >= 11 is 0. The quantitative estimate of drug-likeness (QED) is 0.691. The predicted octanol–water partition coefficient (Wildman–Crippen LogP) is 3.87. The van der Waals surface area contributed by atoms with E-state index in [1.54, 1.807) is 0 Å². The van der Waals surface area contributed by atoms with E-state index in [-0.39, 0.29) is 0 Å². The Hall–Kier alpha value is -1.29. The van der Waals surface area contributed by atoms with Gasteiger partial charge >= 0.3 is 0 Å². The third kappa shape index (κ3) is 1.53. The van der Waals surface area contributed by atoms with Crippen LogP contribution in [0, 0.1) is 22.7 Å². The lowest BCUT2D eigenvalue weighted by atomic mass is 9.76. The van der Waals surface area contributed by atoms with Gasteiger partial charge < -0.3 is 0 Å². The molecule has 1 atom stereocenters. The highest BCUT2D eigenvalue weighted by Crippen LogP contribution is 2.62. The molecule has 1 aromatic carbocycles. The van der Waals surface area contributed by atoms with Gasteiger partial charge in [-0.15, -0.1) is 0 Å². The maximum atomic E-state index is 8.96. The van der Waals surface area contributed by atoms with Crippen molar-refractivity contribution in [2.45, 2.75) is 38.0 Å². The Labute approximate surface area is 97.1 Å². The van der Waals surface area contributed by atoms with Crippen molar-refractivity contribution in [3.8, 4) is 6.07 Å². The van der Waals surface area contributed by atoms with E-state index in [1.807, 2.05) is 0 Å². The van der Waals surface area contributed by atoms with Crippen molar-refractivity contribution in [2.24, 2.45) is 11.3 Å². The lowest BCUT2D eigenvalue weighted by molar-refractivity contribution is 0.293. The highest BCUT2D eigenvalue weighted by atomic mass is 14.6. The summed E-state index contributed by atoms with van der Waals surface area (Å²) in [6.07, 6.45) is 6.27. The SMILES string of the molecule is N#CC1CC12CCC(c1ccccc1)CC2. The van der Waals surface area contributed by atoms with Crippen LogP contribution in [0.25, 0.3) is 0 Å². The fourth-order valence-corrected chi connectivity index (χ4v) is 3.33. The highest BCUT2D eigenvalue weighted by molar-refractivity contribution is 5.22. The van der Waals surface area contributed by atoms with Crippen molar-refractivity contribution in [2.75, 3.05) is 0 Å². The molecule has 2 saturated carbocycles. The standard InChI is InChI=1S/C15H17N/c16-11-14-10-15(14)8-6-13(7-9-15)12-4-2-1-3-5-12/h1-5,13-14H,6-10H2. The van der Waals surface area contributed by atoms with Gasteiger partial charge in [0, 0.05) is 0 Å². The van der Waals surface area contributed by atoms with Crippen LogP contribution in [0.4, 0.5) is 0 Å². The fraction of sp³-hybridized carbons (Fsp3) is 0.533. The maximum absolute atomic E-state index is 8.96. The second-order valence-corrected chi connectivity index (χ2v) is 5.43. The molecule has 0 amide bonds. The summed E-state index contributed by atoms with van der Waals surface area (Å²) in [5, 5.41) is 8.96. The topological polar surface area (TPSA) is 23.8 Å². The molecular weight excluding hydrogens is 194 g/mol. The molecular formula is C15H17N. The van der Waals surface area contributed by atoms with Crippen LogP contribution in [-0.4, -0.2) is 0 Å². The van der Waals surface area contributed by atoms with E-state index in [9.17, 15) is 0 Å². The zero-order valence-electron chi connectivity index (χ0n) is 9.52. The molecule has 2 fully saturated rings. The molecule has 0 heterocycles. The molecule has 0 aliphatic heterocycles.